The molecule has 0 unspecified atom stereocenters. The summed E-state index contributed by atoms with van der Waals surface area (Å²) in [6.45, 7) is 0. The van der Waals surface area contributed by atoms with Crippen LogP contribution in [0.1, 0.15) is 22.0 Å². The molecular formula is C19H16F4N2O4. The number of ketones is 1. The Morgan fingerprint density at radius 3 is 2.41 bits per heavy atom. The van der Waals surface area contributed by atoms with Crippen molar-refractivity contribution in [1.82, 2.24) is 10.6 Å². The molecule has 3 rings (SSSR count). The summed E-state index contributed by atoms with van der Waals surface area (Å²) in [7, 11) is 1.34. The quantitative estimate of drug-likeness (QED) is 0.532. The Morgan fingerprint density at radius 2 is 1.83 bits per heavy atom. The Kier molecular flexibility index (Phi) is 5.22. The molecule has 1 aliphatic heterocycles. The third kappa shape index (κ3) is 3.75. The highest BCUT2D eigenvalue weighted by molar-refractivity contribution is 6.00. The standard InChI is InChI=1S/C19H16F4N2O4/c1-29-13-4-2-3-11(9-13)15-14(16(26)10-5-7-12(20)8-6-10)18(28,19(21,22)23)25-17(27)24-15/h2-9,14-15,28H,1H3,(H2,24,25,27)/t14-,15+,18+/m0/s1. The number of benzene rings is 2. The maximum absolute atomic E-state index is 13.8. The van der Waals surface area contributed by atoms with Crippen LogP contribution < -0.4 is 15.4 Å². The Balaban J connectivity index is 2.16. The number of carbonyl (C=O) groups is 2. The average Bonchev–Trinajstić information content (AvgIpc) is 2.66. The fourth-order valence-corrected chi connectivity index (χ4v) is 3.25. The highest BCUT2D eigenvalue weighted by atomic mass is 19.4. The van der Waals surface area contributed by atoms with Crippen molar-refractivity contribution in [1.29, 1.82) is 0 Å². The zero-order valence-corrected chi connectivity index (χ0v) is 15.0. The number of nitrogens with one attached hydrogen (secondary N) is 2. The molecule has 0 aromatic heterocycles. The third-order valence-electron chi connectivity index (χ3n) is 4.67. The second kappa shape index (κ2) is 7.36. The van der Waals surface area contributed by atoms with Crippen LogP contribution in [0.5, 0.6) is 5.75 Å². The summed E-state index contributed by atoms with van der Waals surface area (Å²) >= 11 is 0. The molecule has 0 bridgehead atoms. The van der Waals surface area contributed by atoms with Crippen molar-refractivity contribution in [3.8, 4) is 5.75 Å². The Labute approximate surface area is 162 Å². The van der Waals surface area contributed by atoms with Gasteiger partial charge in [0.1, 0.15) is 17.5 Å². The van der Waals surface area contributed by atoms with E-state index in [0.29, 0.717) is 0 Å². The molecule has 0 saturated carbocycles. The van der Waals surface area contributed by atoms with Crippen LogP contribution in [-0.4, -0.2) is 35.9 Å². The summed E-state index contributed by atoms with van der Waals surface area (Å²) in [5.74, 6) is -3.74. The van der Waals surface area contributed by atoms with Crippen molar-refractivity contribution >= 4 is 11.8 Å². The van der Waals surface area contributed by atoms with Gasteiger partial charge < -0.3 is 20.5 Å². The van der Waals surface area contributed by atoms with Crippen molar-refractivity contribution in [3.05, 3.63) is 65.5 Å². The molecule has 1 heterocycles. The van der Waals surface area contributed by atoms with Gasteiger partial charge in [-0.25, -0.2) is 9.18 Å². The number of alkyl halides is 3. The zero-order valence-electron chi connectivity index (χ0n) is 15.0. The number of urea groups is 1. The fraction of sp³-hybridized carbons (Fsp3) is 0.263. The molecule has 0 aliphatic carbocycles. The van der Waals surface area contributed by atoms with E-state index < -0.39 is 41.5 Å². The number of rotatable bonds is 4. The molecule has 2 amide bonds. The molecule has 10 heteroatoms. The second-order valence-corrected chi connectivity index (χ2v) is 6.47. The molecule has 2 aromatic carbocycles. The predicted molar refractivity (Wildman–Crippen MR) is 92.6 cm³/mol. The number of methoxy groups -OCH3 is 1. The van der Waals surface area contributed by atoms with Crippen molar-refractivity contribution in [2.24, 2.45) is 5.92 Å². The van der Waals surface area contributed by atoms with Crippen LogP contribution >= 0.6 is 0 Å². The van der Waals surface area contributed by atoms with Crippen LogP contribution in [0.3, 0.4) is 0 Å². The van der Waals surface area contributed by atoms with Gasteiger partial charge in [-0.2, -0.15) is 13.2 Å². The Bertz CT molecular complexity index is 933. The second-order valence-electron chi connectivity index (χ2n) is 6.47. The molecule has 6 nitrogen and oxygen atoms in total. The average molecular weight is 412 g/mol. The minimum absolute atomic E-state index is 0.113. The van der Waals surface area contributed by atoms with Gasteiger partial charge in [-0.15, -0.1) is 0 Å². The first-order valence-corrected chi connectivity index (χ1v) is 8.38. The molecular weight excluding hydrogens is 396 g/mol. The maximum atomic E-state index is 13.8. The molecule has 1 saturated heterocycles. The number of halogens is 4. The third-order valence-corrected chi connectivity index (χ3v) is 4.67. The van der Waals surface area contributed by atoms with E-state index in [9.17, 15) is 32.3 Å². The molecule has 3 atom stereocenters. The molecule has 3 N–H and O–H groups in total. The monoisotopic (exact) mass is 412 g/mol. The van der Waals surface area contributed by atoms with Gasteiger partial charge in [-0.05, 0) is 42.0 Å². The number of hydrogen-bond donors (Lipinski definition) is 3. The summed E-state index contributed by atoms with van der Waals surface area (Å²) < 4.78 is 59.6. The van der Waals surface area contributed by atoms with Crippen molar-refractivity contribution < 1.29 is 37.0 Å². The van der Waals surface area contributed by atoms with Gasteiger partial charge >= 0.3 is 12.2 Å². The smallest absolute Gasteiger partial charge is 0.437 e. The lowest BCUT2D eigenvalue weighted by molar-refractivity contribution is -0.287. The number of ether oxygens (including phenoxy) is 1. The molecule has 1 fully saturated rings. The van der Waals surface area contributed by atoms with E-state index in [0.717, 1.165) is 24.3 Å². The molecule has 29 heavy (non-hydrogen) atoms. The normalized spacial score (nSPS) is 24.4. The molecule has 0 spiro atoms. The first-order valence-electron chi connectivity index (χ1n) is 8.38. The maximum Gasteiger partial charge on any atom is 0.437 e. The first-order chi connectivity index (χ1) is 13.6. The summed E-state index contributed by atoms with van der Waals surface area (Å²) in [6.07, 6.45) is -5.37. The van der Waals surface area contributed by atoms with E-state index in [1.807, 2.05) is 0 Å². The minimum atomic E-state index is -5.37. The van der Waals surface area contributed by atoms with Crippen LogP contribution in [0.2, 0.25) is 0 Å². The first kappa shape index (κ1) is 20.6. The summed E-state index contributed by atoms with van der Waals surface area (Å²) in [5, 5.41) is 14.1. The Morgan fingerprint density at radius 1 is 1.17 bits per heavy atom. The van der Waals surface area contributed by atoms with Crippen molar-refractivity contribution in [3.63, 3.8) is 0 Å². The SMILES string of the molecule is COc1cccc([C@H]2NC(=O)N[C@](O)(C(F)(F)F)[C@@H]2C(=O)c2ccc(F)cc2)c1. The summed E-state index contributed by atoms with van der Waals surface area (Å²) in [4.78, 5) is 25.0. The van der Waals surface area contributed by atoms with E-state index >= 15 is 0 Å². The largest absolute Gasteiger partial charge is 0.497 e. The summed E-state index contributed by atoms with van der Waals surface area (Å²) in [6, 6.07) is 6.72. The van der Waals surface area contributed by atoms with Gasteiger partial charge in [0.05, 0.1) is 13.2 Å². The topological polar surface area (TPSA) is 87.7 Å². The number of hydrogen-bond acceptors (Lipinski definition) is 4. The van der Waals surface area contributed by atoms with Crippen LogP contribution in [0.4, 0.5) is 22.4 Å². The lowest BCUT2D eigenvalue weighted by Crippen LogP contribution is -2.72. The van der Waals surface area contributed by atoms with Gasteiger partial charge in [0.2, 0.25) is 5.72 Å². The van der Waals surface area contributed by atoms with E-state index in [4.69, 9.17) is 4.74 Å². The number of aliphatic hydroxyl groups is 1. The van der Waals surface area contributed by atoms with E-state index in [1.54, 1.807) is 0 Å². The summed E-state index contributed by atoms with van der Waals surface area (Å²) in [5.41, 5.74) is -4.00. The van der Waals surface area contributed by atoms with Gasteiger partial charge in [0.25, 0.3) is 0 Å². The van der Waals surface area contributed by atoms with Gasteiger partial charge in [0.15, 0.2) is 5.78 Å². The number of amides is 2. The zero-order chi connectivity index (χ0) is 21.4. The predicted octanol–water partition coefficient (Wildman–Crippen LogP) is 2.94. The van der Waals surface area contributed by atoms with Crippen LogP contribution in [-0.2, 0) is 0 Å². The fourth-order valence-electron chi connectivity index (χ4n) is 3.25. The molecule has 1 aliphatic rings. The van der Waals surface area contributed by atoms with Crippen LogP contribution in [0, 0.1) is 11.7 Å². The van der Waals surface area contributed by atoms with E-state index in [1.165, 1.54) is 36.7 Å². The van der Waals surface area contributed by atoms with Gasteiger partial charge in [-0.3, -0.25) is 4.79 Å². The Hall–Kier alpha value is -3.14. The lowest BCUT2D eigenvalue weighted by atomic mass is 9.77. The highest BCUT2D eigenvalue weighted by Gasteiger charge is 2.66. The van der Waals surface area contributed by atoms with Gasteiger partial charge in [0, 0.05) is 5.56 Å². The minimum Gasteiger partial charge on any atom is -0.497 e. The van der Waals surface area contributed by atoms with Gasteiger partial charge in [-0.1, -0.05) is 12.1 Å². The van der Waals surface area contributed by atoms with E-state index in [2.05, 4.69) is 5.32 Å². The lowest BCUT2D eigenvalue weighted by Gasteiger charge is -2.45. The van der Waals surface area contributed by atoms with Crippen LogP contribution in [0.25, 0.3) is 0 Å². The molecule has 0 radical (unpaired) electrons. The number of carbonyl (C=O) groups excluding carboxylic acids is 2. The van der Waals surface area contributed by atoms with Crippen molar-refractivity contribution in [2.75, 3.05) is 7.11 Å². The molecule has 154 valence electrons. The van der Waals surface area contributed by atoms with Crippen molar-refractivity contribution in [2.45, 2.75) is 17.9 Å². The highest BCUT2D eigenvalue weighted by Crippen LogP contribution is 2.44. The number of Topliss-reactive ketones (excluding diaryl/α,β-unsaturated/α-hetero) is 1. The molecule has 2 aromatic rings. The van der Waals surface area contributed by atoms with E-state index in [-0.39, 0.29) is 16.9 Å². The van der Waals surface area contributed by atoms with Crippen LogP contribution in [0.15, 0.2) is 48.5 Å².